The van der Waals surface area contributed by atoms with E-state index in [-0.39, 0.29) is 29.8 Å². The summed E-state index contributed by atoms with van der Waals surface area (Å²) in [6.07, 6.45) is -0.0286. The molecule has 0 saturated carbocycles. The van der Waals surface area contributed by atoms with Crippen LogP contribution in [0.4, 0.5) is 10.1 Å². The molecule has 0 unspecified atom stereocenters. The molecule has 162 valence electrons. The zero-order chi connectivity index (χ0) is 22.8. The summed E-state index contributed by atoms with van der Waals surface area (Å²) in [5.74, 6) is -2.42. The normalized spacial score (nSPS) is 15.7. The number of rotatable bonds is 5. The molecule has 2 amide bonds. The van der Waals surface area contributed by atoms with E-state index >= 15 is 0 Å². The third kappa shape index (κ3) is 4.33. The first kappa shape index (κ1) is 21.5. The number of benzene rings is 3. The van der Waals surface area contributed by atoms with E-state index < -0.39 is 29.6 Å². The van der Waals surface area contributed by atoms with Gasteiger partial charge in [-0.1, -0.05) is 41.9 Å². The molecule has 0 aliphatic carbocycles. The predicted octanol–water partition coefficient (Wildman–Crippen LogP) is 4.38. The average molecular weight is 453 g/mol. The van der Waals surface area contributed by atoms with Gasteiger partial charge in [0.2, 0.25) is 5.91 Å². The second-order valence-electron chi connectivity index (χ2n) is 7.43. The zero-order valence-electron chi connectivity index (χ0n) is 16.7. The van der Waals surface area contributed by atoms with E-state index in [0.29, 0.717) is 16.1 Å². The molecule has 8 heteroatoms. The van der Waals surface area contributed by atoms with E-state index in [9.17, 15) is 18.8 Å². The second kappa shape index (κ2) is 8.80. The van der Waals surface area contributed by atoms with Crippen molar-refractivity contribution >= 4 is 35.1 Å². The van der Waals surface area contributed by atoms with Crippen LogP contribution in [0.15, 0.2) is 66.7 Å². The number of nitrogens with one attached hydrogen (secondary N) is 1. The Morgan fingerprint density at radius 3 is 2.47 bits per heavy atom. The van der Waals surface area contributed by atoms with Crippen LogP contribution in [0.2, 0.25) is 5.02 Å². The van der Waals surface area contributed by atoms with Crippen LogP contribution in [0.3, 0.4) is 0 Å². The molecule has 0 saturated heterocycles. The van der Waals surface area contributed by atoms with E-state index in [0.717, 1.165) is 0 Å². The van der Waals surface area contributed by atoms with Gasteiger partial charge in [0.15, 0.2) is 0 Å². The fourth-order valence-corrected chi connectivity index (χ4v) is 3.84. The third-order valence-corrected chi connectivity index (χ3v) is 5.57. The molecule has 1 aliphatic heterocycles. The van der Waals surface area contributed by atoms with Gasteiger partial charge in [-0.3, -0.25) is 9.59 Å². The van der Waals surface area contributed by atoms with E-state index in [2.05, 4.69) is 5.32 Å². The summed E-state index contributed by atoms with van der Waals surface area (Å²) in [4.78, 5) is 39.1. The summed E-state index contributed by atoms with van der Waals surface area (Å²) in [6.45, 7) is 0.0351. The first-order chi connectivity index (χ1) is 15.3. The molecule has 1 heterocycles. The van der Waals surface area contributed by atoms with Crippen molar-refractivity contribution in [1.29, 1.82) is 0 Å². The Bertz CT molecular complexity index is 1210. The lowest BCUT2D eigenvalue weighted by molar-refractivity contribution is -0.120. The van der Waals surface area contributed by atoms with E-state index in [4.69, 9.17) is 16.7 Å². The Hall–Kier alpha value is -3.71. The van der Waals surface area contributed by atoms with Gasteiger partial charge in [-0.05, 0) is 47.5 Å². The van der Waals surface area contributed by atoms with E-state index in [1.807, 2.05) is 0 Å². The standard InChI is InChI=1S/C24H18ClFN2O4/c25-17-9-10-18-20(12-17)27-22(29)21(11-16-3-1-2-4-19(16)26)28(23(18)30)13-14-5-7-15(8-6-14)24(31)32/h1-10,12,21H,11,13H2,(H,27,29)(H,31,32)/t21-/m1/s1. The number of nitrogens with zero attached hydrogens (tertiary/aromatic N) is 1. The van der Waals surface area contributed by atoms with Crippen molar-refractivity contribution in [2.75, 3.05) is 5.32 Å². The van der Waals surface area contributed by atoms with Gasteiger partial charge in [-0.15, -0.1) is 0 Å². The molecule has 0 bridgehead atoms. The zero-order valence-corrected chi connectivity index (χ0v) is 17.5. The average Bonchev–Trinajstić information content (AvgIpc) is 2.85. The largest absolute Gasteiger partial charge is 0.478 e. The predicted molar refractivity (Wildman–Crippen MR) is 117 cm³/mol. The van der Waals surface area contributed by atoms with Crippen molar-refractivity contribution in [3.63, 3.8) is 0 Å². The van der Waals surface area contributed by atoms with Crippen LogP contribution < -0.4 is 5.32 Å². The van der Waals surface area contributed by atoms with Crippen LogP contribution in [0, 0.1) is 5.82 Å². The summed E-state index contributed by atoms with van der Waals surface area (Å²) >= 11 is 6.05. The highest BCUT2D eigenvalue weighted by Gasteiger charge is 2.36. The molecule has 1 aliphatic rings. The number of carbonyl (C=O) groups excluding carboxylic acids is 2. The van der Waals surface area contributed by atoms with Crippen LogP contribution in [0.25, 0.3) is 0 Å². The fraction of sp³-hybridized carbons (Fsp3) is 0.125. The molecule has 0 fully saturated rings. The Kier molecular flexibility index (Phi) is 5.92. The van der Waals surface area contributed by atoms with Crippen LogP contribution in [-0.4, -0.2) is 33.8 Å². The first-order valence-electron chi connectivity index (χ1n) is 9.80. The molecule has 3 aromatic rings. The van der Waals surface area contributed by atoms with E-state index in [1.54, 1.807) is 36.4 Å². The van der Waals surface area contributed by atoms with Crippen molar-refractivity contribution in [3.05, 3.63) is 99.8 Å². The Balaban J connectivity index is 1.74. The Morgan fingerprint density at radius 2 is 1.78 bits per heavy atom. The lowest BCUT2D eigenvalue weighted by Gasteiger charge is -2.29. The highest BCUT2D eigenvalue weighted by Crippen LogP contribution is 2.29. The monoisotopic (exact) mass is 452 g/mol. The van der Waals surface area contributed by atoms with Gasteiger partial charge in [0, 0.05) is 18.0 Å². The van der Waals surface area contributed by atoms with Crippen LogP contribution in [0.5, 0.6) is 0 Å². The maximum absolute atomic E-state index is 14.4. The minimum atomic E-state index is -1.06. The number of carboxylic acid groups (broad SMARTS) is 1. The molecule has 1 atom stereocenters. The molecule has 2 N–H and O–H groups in total. The van der Waals surface area contributed by atoms with Crippen LogP contribution in [-0.2, 0) is 17.8 Å². The highest BCUT2D eigenvalue weighted by molar-refractivity contribution is 6.31. The van der Waals surface area contributed by atoms with Gasteiger partial charge >= 0.3 is 5.97 Å². The van der Waals surface area contributed by atoms with Gasteiger partial charge in [0.25, 0.3) is 5.91 Å². The molecule has 0 radical (unpaired) electrons. The maximum Gasteiger partial charge on any atom is 0.335 e. The molecular formula is C24H18ClFN2O4. The quantitative estimate of drug-likeness (QED) is 0.601. The number of fused-ring (bicyclic) bond motifs is 1. The van der Waals surface area contributed by atoms with Gasteiger partial charge in [-0.25, -0.2) is 9.18 Å². The summed E-state index contributed by atoms with van der Waals surface area (Å²) in [5, 5.41) is 12.2. The number of carboxylic acids is 1. The summed E-state index contributed by atoms with van der Waals surface area (Å²) < 4.78 is 14.4. The van der Waals surface area contributed by atoms with Crippen molar-refractivity contribution < 1.29 is 23.9 Å². The molecule has 32 heavy (non-hydrogen) atoms. The third-order valence-electron chi connectivity index (χ3n) is 5.33. The van der Waals surface area contributed by atoms with Gasteiger partial charge < -0.3 is 15.3 Å². The highest BCUT2D eigenvalue weighted by atomic mass is 35.5. The second-order valence-corrected chi connectivity index (χ2v) is 7.86. The maximum atomic E-state index is 14.4. The number of amides is 2. The number of aromatic carboxylic acids is 1. The van der Waals surface area contributed by atoms with Crippen LogP contribution in [0.1, 0.15) is 31.8 Å². The molecule has 0 spiro atoms. The molecule has 3 aromatic carbocycles. The summed E-state index contributed by atoms with van der Waals surface area (Å²) in [6, 6.07) is 15.7. The molecular weight excluding hydrogens is 435 g/mol. The van der Waals surface area contributed by atoms with Gasteiger partial charge in [-0.2, -0.15) is 0 Å². The first-order valence-corrected chi connectivity index (χ1v) is 10.2. The van der Waals surface area contributed by atoms with Crippen molar-refractivity contribution in [3.8, 4) is 0 Å². The minimum Gasteiger partial charge on any atom is -0.478 e. The summed E-state index contributed by atoms with van der Waals surface area (Å²) in [5.41, 5.74) is 1.59. The number of halogens is 2. The fourth-order valence-electron chi connectivity index (χ4n) is 3.67. The molecule has 4 rings (SSSR count). The summed E-state index contributed by atoms with van der Waals surface area (Å²) in [7, 11) is 0. The van der Waals surface area contributed by atoms with Crippen molar-refractivity contribution in [2.24, 2.45) is 0 Å². The number of carbonyl (C=O) groups is 3. The number of hydrogen-bond donors (Lipinski definition) is 2. The topological polar surface area (TPSA) is 86.7 Å². The Labute approximate surface area is 188 Å². The number of anilines is 1. The Morgan fingerprint density at radius 1 is 1.06 bits per heavy atom. The SMILES string of the molecule is O=C(O)c1ccc(CN2C(=O)c3ccc(Cl)cc3NC(=O)[C@H]2Cc2ccccc2F)cc1. The van der Waals surface area contributed by atoms with Gasteiger partial charge in [0.05, 0.1) is 16.8 Å². The van der Waals surface area contributed by atoms with Crippen molar-refractivity contribution in [1.82, 2.24) is 4.90 Å². The smallest absolute Gasteiger partial charge is 0.335 e. The van der Waals surface area contributed by atoms with E-state index in [1.165, 1.54) is 35.2 Å². The van der Waals surface area contributed by atoms with Crippen LogP contribution >= 0.6 is 11.6 Å². The lowest BCUT2D eigenvalue weighted by atomic mass is 10.0. The molecule has 6 nitrogen and oxygen atoms in total. The van der Waals surface area contributed by atoms with Crippen molar-refractivity contribution in [2.45, 2.75) is 19.0 Å². The number of hydrogen-bond acceptors (Lipinski definition) is 3. The minimum absolute atomic E-state index is 0.0286. The molecule has 0 aromatic heterocycles. The van der Waals surface area contributed by atoms with Gasteiger partial charge in [0.1, 0.15) is 11.9 Å². The lowest BCUT2D eigenvalue weighted by Crippen LogP contribution is -2.46.